The first-order valence-corrected chi connectivity index (χ1v) is 6.50. The molecule has 0 saturated heterocycles. The molecule has 0 aliphatic carbocycles. The van der Waals surface area contributed by atoms with Gasteiger partial charge in [0.2, 0.25) is 0 Å². The summed E-state index contributed by atoms with van der Waals surface area (Å²) in [5.41, 5.74) is 2.82. The van der Waals surface area contributed by atoms with Crippen LogP contribution < -0.4 is 4.90 Å². The Bertz CT molecular complexity index is 516. The lowest BCUT2D eigenvalue weighted by atomic mass is 10.2. The van der Waals surface area contributed by atoms with Crippen LogP contribution in [0.1, 0.15) is 13.8 Å². The van der Waals surface area contributed by atoms with Crippen LogP contribution in [0.3, 0.4) is 0 Å². The summed E-state index contributed by atoms with van der Waals surface area (Å²) in [5, 5.41) is 8.34. The van der Waals surface area contributed by atoms with Crippen LogP contribution in [0, 0.1) is 0 Å². The molecule has 0 radical (unpaired) electrons. The predicted molar refractivity (Wildman–Crippen MR) is 78.4 cm³/mol. The van der Waals surface area contributed by atoms with E-state index >= 15 is 0 Å². The molecule has 0 aliphatic heterocycles. The normalized spacial score (nSPS) is 10.8. The lowest BCUT2D eigenvalue weighted by Gasteiger charge is -2.20. The number of hydrogen-bond acceptors (Lipinski definition) is 4. The Morgan fingerprint density at radius 1 is 0.947 bits per heavy atom. The second-order valence-corrected chi connectivity index (χ2v) is 4.10. The molecule has 1 aromatic carbocycles. The number of hydrogen-bond donors (Lipinski definition) is 0. The third-order valence-corrected chi connectivity index (χ3v) is 2.91. The van der Waals surface area contributed by atoms with Gasteiger partial charge in [0.15, 0.2) is 0 Å². The fourth-order valence-electron chi connectivity index (χ4n) is 1.85. The average molecular weight is 254 g/mol. The standard InChI is InChI=1S/C15H18N4/c1-3-19(4-2)15-9-7-13(8-10-15)17-18-14-6-5-11-16-12-14/h5-12H,3-4H2,1-2H3. The summed E-state index contributed by atoms with van der Waals surface area (Å²) in [4.78, 5) is 6.29. The lowest BCUT2D eigenvalue weighted by Crippen LogP contribution is -2.21. The maximum Gasteiger partial charge on any atom is 0.104 e. The molecule has 4 heteroatoms. The number of benzene rings is 1. The van der Waals surface area contributed by atoms with Crippen LogP contribution in [0.15, 0.2) is 59.0 Å². The molecular formula is C15H18N4. The van der Waals surface area contributed by atoms with E-state index < -0.39 is 0 Å². The van der Waals surface area contributed by atoms with Crippen LogP contribution in [0.4, 0.5) is 17.1 Å². The van der Waals surface area contributed by atoms with E-state index in [1.807, 2.05) is 24.3 Å². The molecule has 0 saturated carbocycles. The van der Waals surface area contributed by atoms with Crippen molar-refractivity contribution in [2.75, 3.05) is 18.0 Å². The summed E-state index contributed by atoms with van der Waals surface area (Å²) >= 11 is 0. The summed E-state index contributed by atoms with van der Waals surface area (Å²) < 4.78 is 0. The van der Waals surface area contributed by atoms with E-state index in [1.165, 1.54) is 5.69 Å². The highest BCUT2D eigenvalue weighted by atomic mass is 15.1. The van der Waals surface area contributed by atoms with E-state index in [0.29, 0.717) is 0 Å². The monoisotopic (exact) mass is 254 g/mol. The average Bonchev–Trinajstić information content (AvgIpc) is 2.49. The highest BCUT2D eigenvalue weighted by molar-refractivity contribution is 5.52. The van der Waals surface area contributed by atoms with Crippen molar-refractivity contribution in [1.29, 1.82) is 0 Å². The van der Waals surface area contributed by atoms with Crippen LogP contribution in [0.25, 0.3) is 0 Å². The van der Waals surface area contributed by atoms with E-state index in [2.05, 4.69) is 46.1 Å². The van der Waals surface area contributed by atoms with Crippen molar-refractivity contribution in [3.05, 3.63) is 48.8 Å². The Morgan fingerprint density at radius 2 is 1.63 bits per heavy atom. The smallest absolute Gasteiger partial charge is 0.104 e. The molecule has 1 aromatic heterocycles. The van der Waals surface area contributed by atoms with Crippen molar-refractivity contribution in [3.63, 3.8) is 0 Å². The van der Waals surface area contributed by atoms with E-state index in [4.69, 9.17) is 0 Å². The Morgan fingerprint density at radius 3 is 2.21 bits per heavy atom. The SMILES string of the molecule is CCN(CC)c1ccc(N=Nc2cccnc2)cc1. The maximum atomic E-state index is 4.20. The van der Waals surface area contributed by atoms with E-state index in [9.17, 15) is 0 Å². The summed E-state index contributed by atoms with van der Waals surface area (Å²) in [6.45, 7) is 6.32. The van der Waals surface area contributed by atoms with Gasteiger partial charge in [0.05, 0.1) is 11.9 Å². The van der Waals surface area contributed by atoms with Crippen LogP contribution in [-0.2, 0) is 0 Å². The van der Waals surface area contributed by atoms with Gasteiger partial charge in [-0.25, -0.2) is 0 Å². The summed E-state index contributed by atoms with van der Waals surface area (Å²) in [7, 11) is 0. The number of anilines is 1. The van der Waals surface area contributed by atoms with Gasteiger partial charge in [-0.05, 0) is 50.2 Å². The van der Waals surface area contributed by atoms with Gasteiger partial charge in [-0.1, -0.05) is 0 Å². The van der Waals surface area contributed by atoms with Gasteiger partial charge in [0, 0.05) is 25.0 Å². The Labute approximate surface area is 113 Å². The fourth-order valence-corrected chi connectivity index (χ4v) is 1.85. The topological polar surface area (TPSA) is 40.9 Å². The molecule has 0 fully saturated rings. The number of pyridine rings is 1. The number of azo groups is 1. The number of aromatic nitrogens is 1. The fraction of sp³-hybridized carbons (Fsp3) is 0.267. The lowest BCUT2D eigenvalue weighted by molar-refractivity contribution is 0.866. The molecule has 19 heavy (non-hydrogen) atoms. The zero-order chi connectivity index (χ0) is 13.5. The molecule has 0 amide bonds. The number of rotatable bonds is 5. The Kier molecular flexibility index (Phi) is 4.61. The van der Waals surface area contributed by atoms with Gasteiger partial charge < -0.3 is 4.90 Å². The first kappa shape index (κ1) is 13.2. The van der Waals surface area contributed by atoms with Crippen molar-refractivity contribution in [2.45, 2.75) is 13.8 Å². The molecule has 0 bridgehead atoms. The van der Waals surface area contributed by atoms with Gasteiger partial charge in [0.25, 0.3) is 0 Å². The zero-order valence-electron chi connectivity index (χ0n) is 11.3. The second-order valence-electron chi connectivity index (χ2n) is 4.10. The molecule has 0 N–H and O–H groups in total. The van der Waals surface area contributed by atoms with Crippen LogP contribution in [0.2, 0.25) is 0 Å². The number of nitrogens with zero attached hydrogens (tertiary/aromatic N) is 4. The molecule has 98 valence electrons. The quantitative estimate of drug-likeness (QED) is 0.744. The van der Waals surface area contributed by atoms with Crippen LogP contribution in [-0.4, -0.2) is 18.1 Å². The van der Waals surface area contributed by atoms with Crippen molar-refractivity contribution < 1.29 is 0 Å². The minimum absolute atomic E-state index is 0.760. The van der Waals surface area contributed by atoms with E-state index in [-0.39, 0.29) is 0 Å². The molecule has 0 atom stereocenters. The van der Waals surface area contributed by atoms with Crippen molar-refractivity contribution >= 4 is 17.1 Å². The van der Waals surface area contributed by atoms with Gasteiger partial charge in [-0.15, -0.1) is 5.11 Å². The first-order chi connectivity index (χ1) is 9.33. The van der Waals surface area contributed by atoms with Crippen molar-refractivity contribution in [3.8, 4) is 0 Å². The van der Waals surface area contributed by atoms with Gasteiger partial charge in [0.1, 0.15) is 5.69 Å². The van der Waals surface area contributed by atoms with Gasteiger partial charge in [-0.3, -0.25) is 4.98 Å². The summed E-state index contributed by atoms with van der Waals surface area (Å²) in [6, 6.07) is 11.8. The maximum absolute atomic E-state index is 4.20. The molecule has 2 aromatic rings. The summed E-state index contributed by atoms with van der Waals surface area (Å²) in [6.07, 6.45) is 3.41. The molecule has 0 spiro atoms. The van der Waals surface area contributed by atoms with Crippen LogP contribution >= 0.6 is 0 Å². The van der Waals surface area contributed by atoms with Gasteiger partial charge >= 0.3 is 0 Å². The highest BCUT2D eigenvalue weighted by Gasteiger charge is 2.00. The van der Waals surface area contributed by atoms with Crippen LogP contribution in [0.5, 0.6) is 0 Å². The molecular weight excluding hydrogens is 236 g/mol. The van der Waals surface area contributed by atoms with E-state index in [0.717, 1.165) is 24.5 Å². The molecule has 2 rings (SSSR count). The molecule has 0 unspecified atom stereocenters. The Hall–Kier alpha value is -2.23. The minimum atomic E-state index is 0.760. The highest BCUT2D eigenvalue weighted by Crippen LogP contribution is 2.21. The third kappa shape index (κ3) is 3.61. The third-order valence-electron chi connectivity index (χ3n) is 2.91. The van der Waals surface area contributed by atoms with Gasteiger partial charge in [-0.2, -0.15) is 5.11 Å². The molecule has 1 heterocycles. The molecule has 4 nitrogen and oxygen atoms in total. The zero-order valence-corrected chi connectivity index (χ0v) is 11.3. The first-order valence-electron chi connectivity index (χ1n) is 6.50. The molecule has 0 aliphatic rings. The largest absolute Gasteiger partial charge is 0.372 e. The van der Waals surface area contributed by atoms with E-state index in [1.54, 1.807) is 12.4 Å². The Balaban J connectivity index is 2.09. The second kappa shape index (κ2) is 6.64. The minimum Gasteiger partial charge on any atom is -0.372 e. The van der Waals surface area contributed by atoms with Crippen molar-refractivity contribution in [2.24, 2.45) is 10.2 Å². The van der Waals surface area contributed by atoms with Crippen molar-refractivity contribution in [1.82, 2.24) is 4.98 Å². The predicted octanol–water partition coefficient (Wildman–Crippen LogP) is 4.34. The summed E-state index contributed by atoms with van der Waals surface area (Å²) in [5.74, 6) is 0.